The Kier molecular flexibility index (Phi) is 4.13. The van der Waals surface area contributed by atoms with Crippen LogP contribution in [-0.2, 0) is 6.54 Å². The molecule has 1 aromatic heterocycles. The fourth-order valence-electron chi connectivity index (χ4n) is 2.49. The molecule has 0 aromatic carbocycles. The first-order valence-corrected chi connectivity index (χ1v) is 6.47. The van der Waals surface area contributed by atoms with Crippen molar-refractivity contribution in [3.63, 3.8) is 0 Å². The van der Waals surface area contributed by atoms with Gasteiger partial charge in [-0.2, -0.15) is 0 Å². The molecular formula is C14H22N2O. The maximum absolute atomic E-state index is 9.57. The van der Waals surface area contributed by atoms with Crippen molar-refractivity contribution in [1.29, 1.82) is 0 Å². The molecule has 1 N–H and O–H groups in total. The quantitative estimate of drug-likeness (QED) is 0.869. The molecule has 1 aliphatic rings. The molecule has 0 bridgehead atoms. The Labute approximate surface area is 103 Å². The third-order valence-electron chi connectivity index (χ3n) is 3.81. The Balaban J connectivity index is 1.88. The number of aryl methyl sites for hydroxylation is 1. The molecule has 0 radical (unpaired) electrons. The van der Waals surface area contributed by atoms with E-state index in [0.29, 0.717) is 5.92 Å². The topological polar surface area (TPSA) is 36.4 Å². The second kappa shape index (κ2) is 5.61. The molecule has 3 nitrogen and oxygen atoms in total. The number of aliphatic hydroxyl groups excluding tert-OH is 1. The summed E-state index contributed by atoms with van der Waals surface area (Å²) in [6, 6.07) is 4.10. The maximum atomic E-state index is 9.57. The van der Waals surface area contributed by atoms with Gasteiger partial charge in [0.05, 0.1) is 11.8 Å². The highest BCUT2D eigenvalue weighted by Gasteiger charge is 2.22. The summed E-state index contributed by atoms with van der Waals surface area (Å²) in [5.74, 6) is 0.482. The molecule has 0 aliphatic carbocycles. The summed E-state index contributed by atoms with van der Waals surface area (Å²) in [6.45, 7) is 7.12. The van der Waals surface area contributed by atoms with Gasteiger partial charge in [0.15, 0.2) is 0 Å². The zero-order chi connectivity index (χ0) is 12.3. The van der Waals surface area contributed by atoms with Crippen molar-refractivity contribution in [2.45, 2.75) is 39.3 Å². The van der Waals surface area contributed by atoms with Gasteiger partial charge in [-0.15, -0.1) is 0 Å². The van der Waals surface area contributed by atoms with E-state index in [1.54, 1.807) is 0 Å². The predicted molar refractivity (Wildman–Crippen MR) is 68.7 cm³/mol. The summed E-state index contributed by atoms with van der Waals surface area (Å²) < 4.78 is 0. The molecule has 1 atom stereocenters. The van der Waals surface area contributed by atoms with Crippen molar-refractivity contribution in [3.05, 3.63) is 29.6 Å². The zero-order valence-corrected chi connectivity index (χ0v) is 10.8. The van der Waals surface area contributed by atoms with Gasteiger partial charge in [0.1, 0.15) is 0 Å². The van der Waals surface area contributed by atoms with Gasteiger partial charge in [-0.25, -0.2) is 0 Å². The lowest BCUT2D eigenvalue weighted by Gasteiger charge is -2.33. The minimum absolute atomic E-state index is 0.159. The lowest BCUT2D eigenvalue weighted by molar-refractivity contribution is 0.0691. The van der Waals surface area contributed by atoms with Crippen LogP contribution in [-0.4, -0.2) is 34.2 Å². The second-order valence-corrected chi connectivity index (χ2v) is 5.12. The van der Waals surface area contributed by atoms with Gasteiger partial charge >= 0.3 is 0 Å². The van der Waals surface area contributed by atoms with Crippen LogP contribution in [0.3, 0.4) is 0 Å². The molecule has 2 rings (SSSR count). The average Bonchev–Trinajstić information content (AvgIpc) is 2.33. The van der Waals surface area contributed by atoms with E-state index in [-0.39, 0.29) is 6.10 Å². The highest BCUT2D eigenvalue weighted by atomic mass is 16.3. The van der Waals surface area contributed by atoms with Gasteiger partial charge in [-0.3, -0.25) is 9.88 Å². The minimum atomic E-state index is -0.159. The monoisotopic (exact) mass is 234 g/mol. The highest BCUT2D eigenvalue weighted by Crippen LogP contribution is 2.21. The molecule has 1 unspecified atom stereocenters. The number of likely N-dealkylation sites (tertiary alicyclic amines) is 1. The number of hydrogen-bond donors (Lipinski definition) is 1. The summed E-state index contributed by atoms with van der Waals surface area (Å²) in [5.41, 5.74) is 2.45. The lowest BCUT2D eigenvalue weighted by Crippen LogP contribution is -2.36. The number of hydrogen-bond acceptors (Lipinski definition) is 3. The van der Waals surface area contributed by atoms with Crippen LogP contribution in [0.4, 0.5) is 0 Å². The number of aromatic nitrogens is 1. The first-order valence-electron chi connectivity index (χ1n) is 6.47. The molecule has 0 amide bonds. The van der Waals surface area contributed by atoms with Crippen molar-refractivity contribution >= 4 is 0 Å². The summed E-state index contributed by atoms with van der Waals surface area (Å²) in [4.78, 5) is 6.87. The lowest BCUT2D eigenvalue weighted by atomic mass is 9.92. The second-order valence-electron chi connectivity index (χ2n) is 5.12. The molecule has 0 spiro atoms. The standard InChI is InChI=1S/C14H22N2O/c1-11-4-3-7-15-14(11)10-16-8-5-13(6-9-16)12(2)17/h3-4,7,12-13,17H,5-6,8-10H2,1-2H3. The van der Waals surface area contributed by atoms with E-state index in [1.165, 1.54) is 11.3 Å². The number of nitrogens with zero attached hydrogens (tertiary/aromatic N) is 2. The number of piperidine rings is 1. The first-order chi connectivity index (χ1) is 8.16. The highest BCUT2D eigenvalue weighted by molar-refractivity contribution is 5.17. The third-order valence-corrected chi connectivity index (χ3v) is 3.81. The smallest absolute Gasteiger partial charge is 0.0573 e. The Morgan fingerprint density at radius 1 is 1.47 bits per heavy atom. The molecule has 1 saturated heterocycles. The van der Waals surface area contributed by atoms with E-state index in [1.807, 2.05) is 19.2 Å². The van der Waals surface area contributed by atoms with Crippen LogP contribution in [0.25, 0.3) is 0 Å². The van der Waals surface area contributed by atoms with Crippen LogP contribution in [0.15, 0.2) is 18.3 Å². The van der Waals surface area contributed by atoms with E-state index in [0.717, 1.165) is 32.5 Å². The van der Waals surface area contributed by atoms with E-state index in [2.05, 4.69) is 22.9 Å². The van der Waals surface area contributed by atoms with E-state index >= 15 is 0 Å². The number of aliphatic hydroxyl groups is 1. The molecule has 2 heterocycles. The SMILES string of the molecule is Cc1cccnc1CN1CCC(C(C)O)CC1. The van der Waals surface area contributed by atoms with Crippen molar-refractivity contribution in [2.24, 2.45) is 5.92 Å². The average molecular weight is 234 g/mol. The Bertz CT molecular complexity index is 357. The molecule has 17 heavy (non-hydrogen) atoms. The normalized spacial score (nSPS) is 20.4. The fourth-order valence-corrected chi connectivity index (χ4v) is 2.49. The largest absolute Gasteiger partial charge is 0.393 e. The van der Waals surface area contributed by atoms with Crippen LogP contribution < -0.4 is 0 Å². The molecule has 0 saturated carbocycles. The summed E-state index contributed by atoms with van der Waals surface area (Å²) >= 11 is 0. The van der Waals surface area contributed by atoms with E-state index < -0.39 is 0 Å². The van der Waals surface area contributed by atoms with Gasteiger partial charge < -0.3 is 5.11 Å². The van der Waals surface area contributed by atoms with Gasteiger partial charge in [0.2, 0.25) is 0 Å². The Hall–Kier alpha value is -0.930. The van der Waals surface area contributed by atoms with Crippen molar-refractivity contribution in [1.82, 2.24) is 9.88 Å². The molecule has 1 fully saturated rings. The van der Waals surface area contributed by atoms with Crippen LogP contribution in [0, 0.1) is 12.8 Å². The molecule has 3 heteroatoms. The van der Waals surface area contributed by atoms with E-state index in [9.17, 15) is 5.11 Å². The minimum Gasteiger partial charge on any atom is -0.393 e. The third kappa shape index (κ3) is 3.27. The van der Waals surface area contributed by atoms with Gasteiger partial charge in [0.25, 0.3) is 0 Å². The van der Waals surface area contributed by atoms with Gasteiger partial charge in [0, 0.05) is 12.7 Å². The van der Waals surface area contributed by atoms with Crippen LogP contribution in [0.1, 0.15) is 31.0 Å². The molecular weight excluding hydrogens is 212 g/mol. The van der Waals surface area contributed by atoms with Gasteiger partial charge in [-0.1, -0.05) is 6.07 Å². The van der Waals surface area contributed by atoms with E-state index in [4.69, 9.17) is 0 Å². The fraction of sp³-hybridized carbons (Fsp3) is 0.643. The predicted octanol–water partition coefficient (Wildman–Crippen LogP) is 1.98. The summed E-state index contributed by atoms with van der Waals surface area (Å²) in [6.07, 6.45) is 3.91. The van der Waals surface area contributed by atoms with Gasteiger partial charge in [-0.05, 0) is 57.3 Å². The Morgan fingerprint density at radius 2 is 2.18 bits per heavy atom. The molecule has 94 valence electrons. The maximum Gasteiger partial charge on any atom is 0.0573 e. The van der Waals surface area contributed by atoms with Crippen LogP contribution in [0.5, 0.6) is 0 Å². The van der Waals surface area contributed by atoms with Crippen molar-refractivity contribution in [3.8, 4) is 0 Å². The summed E-state index contributed by atoms with van der Waals surface area (Å²) in [5, 5.41) is 9.57. The number of rotatable bonds is 3. The zero-order valence-electron chi connectivity index (χ0n) is 10.8. The first kappa shape index (κ1) is 12.5. The van der Waals surface area contributed by atoms with Crippen LogP contribution in [0.2, 0.25) is 0 Å². The Morgan fingerprint density at radius 3 is 2.76 bits per heavy atom. The molecule has 1 aliphatic heterocycles. The summed E-state index contributed by atoms with van der Waals surface area (Å²) in [7, 11) is 0. The molecule has 1 aromatic rings. The van der Waals surface area contributed by atoms with Crippen LogP contribution >= 0.6 is 0 Å². The number of pyridine rings is 1. The van der Waals surface area contributed by atoms with Crippen molar-refractivity contribution in [2.75, 3.05) is 13.1 Å². The van der Waals surface area contributed by atoms with Crippen molar-refractivity contribution < 1.29 is 5.11 Å².